The Morgan fingerprint density at radius 2 is 2.20 bits per heavy atom. The third-order valence-electron chi connectivity index (χ3n) is 2.30. The van der Waals surface area contributed by atoms with Crippen molar-refractivity contribution in [1.29, 1.82) is 0 Å². The van der Waals surface area contributed by atoms with E-state index in [1.165, 1.54) is 11.8 Å². The molecule has 0 aliphatic heterocycles. The number of nitrogens with one attached hydrogen (secondary N) is 1. The zero-order chi connectivity index (χ0) is 14.4. The van der Waals surface area contributed by atoms with Crippen LogP contribution < -0.4 is 11.3 Å². The van der Waals surface area contributed by atoms with Crippen LogP contribution in [0.3, 0.4) is 0 Å². The number of hydrogen-bond acceptors (Lipinski definition) is 8. The molecule has 0 saturated carbocycles. The monoisotopic (exact) mass is 292 g/mol. The van der Waals surface area contributed by atoms with Crippen LogP contribution in [-0.2, 0) is 11.3 Å². The minimum Gasteiger partial charge on any atom is -0.374 e. The third kappa shape index (κ3) is 4.12. The highest BCUT2D eigenvalue weighted by Gasteiger charge is 2.08. The summed E-state index contributed by atoms with van der Waals surface area (Å²) in [6.45, 7) is 4.78. The van der Waals surface area contributed by atoms with Crippen molar-refractivity contribution >= 4 is 17.6 Å². The molecule has 2 rings (SSSR count). The Hall–Kier alpha value is -1.77. The number of aromatic nitrogens is 4. The van der Waals surface area contributed by atoms with Gasteiger partial charge in [-0.3, -0.25) is 0 Å². The maximum Gasteiger partial charge on any atom is 0.194 e. The predicted octanol–water partition coefficient (Wildman–Crippen LogP) is 1.55. The van der Waals surface area contributed by atoms with E-state index in [1.54, 1.807) is 12.3 Å². The second kappa shape index (κ2) is 7.13. The number of nitrogens with two attached hydrogens (primary N) is 1. The molecular formula is C12H16N6OS. The number of aryl methyl sites for hydroxylation is 1. The fourth-order valence-corrected chi connectivity index (χ4v) is 2.24. The van der Waals surface area contributed by atoms with Crippen molar-refractivity contribution in [2.45, 2.75) is 30.6 Å². The molecule has 106 valence electrons. The molecule has 0 spiro atoms. The van der Waals surface area contributed by atoms with Gasteiger partial charge in [0, 0.05) is 24.6 Å². The molecule has 2 aromatic heterocycles. The van der Waals surface area contributed by atoms with Crippen molar-refractivity contribution in [1.82, 2.24) is 19.9 Å². The van der Waals surface area contributed by atoms with E-state index in [2.05, 4.69) is 25.4 Å². The Bertz CT molecular complexity index is 580. The Morgan fingerprint density at radius 3 is 2.90 bits per heavy atom. The average molecular weight is 292 g/mol. The van der Waals surface area contributed by atoms with Gasteiger partial charge in [0.2, 0.25) is 0 Å². The summed E-state index contributed by atoms with van der Waals surface area (Å²) in [6.07, 6.45) is 1.72. The molecule has 0 unspecified atom stereocenters. The summed E-state index contributed by atoms with van der Waals surface area (Å²) >= 11 is 1.35. The molecule has 3 N–H and O–H groups in total. The molecule has 0 aliphatic rings. The van der Waals surface area contributed by atoms with Crippen molar-refractivity contribution in [3.63, 3.8) is 0 Å². The third-order valence-corrected chi connectivity index (χ3v) is 3.10. The van der Waals surface area contributed by atoms with Crippen molar-refractivity contribution in [3.05, 3.63) is 29.8 Å². The van der Waals surface area contributed by atoms with E-state index >= 15 is 0 Å². The van der Waals surface area contributed by atoms with Crippen LogP contribution in [-0.4, -0.2) is 26.5 Å². The number of rotatable bonds is 6. The molecule has 0 fully saturated rings. The minimum atomic E-state index is 0.342. The minimum absolute atomic E-state index is 0.342. The highest BCUT2D eigenvalue weighted by Crippen LogP contribution is 2.24. The van der Waals surface area contributed by atoms with Crippen LogP contribution in [0.15, 0.2) is 28.5 Å². The maximum atomic E-state index is 5.41. The van der Waals surface area contributed by atoms with E-state index in [-0.39, 0.29) is 0 Å². The number of hydrazine groups is 1. The van der Waals surface area contributed by atoms with E-state index in [4.69, 9.17) is 10.6 Å². The molecule has 0 aliphatic carbocycles. The summed E-state index contributed by atoms with van der Waals surface area (Å²) in [5, 5.41) is 1.35. The SMILES string of the molecule is CCOCc1nc(NN)cc(Sc2nccc(C)n2)n1. The van der Waals surface area contributed by atoms with Crippen LogP contribution in [0.2, 0.25) is 0 Å². The molecular weight excluding hydrogens is 276 g/mol. The lowest BCUT2D eigenvalue weighted by atomic mass is 10.5. The molecule has 2 heterocycles. The zero-order valence-electron chi connectivity index (χ0n) is 11.3. The lowest BCUT2D eigenvalue weighted by Crippen LogP contribution is -2.11. The van der Waals surface area contributed by atoms with Crippen molar-refractivity contribution in [3.8, 4) is 0 Å². The van der Waals surface area contributed by atoms with Gasteiger partial charge in [-0.05, 0) is 31.7 Å². The fraction of sp³-hybridized carbons (Fsp3) is 0.333. The van der Waals surface area contributed by atoms with Crippen LogP contribution >= 0.6 is 11.8 Å². The van der Waals surface area contributed by atoms with Gasteiger partial charge in [-0.15, -0.1) is 0 Å². The molecule has 0 bridgehead atoms. The quantitative estimate of drug-likeness (QED) is 0.358. The summed E-state index contributed by atoms with van der Waals surface area (Å²) in [4.78, 5) is 17.1. The van der Waals surface area contributed by atoms with Crippen molar-refractivity contribution in [2.75, 3.05) is 12.0 Å². The molecule has 0 aromatic carbocycles. The average Bonchev–Trinajstić information content (AvgIpc) is 2.45. The molecule has 2 aromatic rings. The van der Waals surface area contributed by atoms with E-state index in [9.17, 15) is 0 Å². The zero-order valence-corrected chi connectivity index (χ0v) is 12.1. The molecule has 0 saturated heterocycles. The van der Waals surface area contributed by atoms with Crippen LogP contribution in [0.5, 0.6) is 0 Å². The van der Waals surface area contributed by atoms with Gasteiger partial charge in [-0.1, -0.05) is 0 Å². The Balaban J connectivity index is 2.21. The summed E-state index contributed by atoms with van der Waals surface area (Å²) in [5.74, 6) is 6.51. The van der Waals surface area contributed by atoms with Crippen molar-refractivity contribution < 1.29 is 4.74 Å². The van der Waals surface area contributed by atoms with Gasteiger partial charge in [0.15, 0.2) is 11.0 Å². The Labute approximate surface area is 121 Å². The molecule has 8 heteroatoms. The Morgan fingerprint density at radius 1 is 1.35 bits per heavy atom. The number of anilines is 1. The van der Waals surface area contributed by atoms with Gasteiger partial charge in [0.1, 0.15) is 17.5 Å². The summed E-state index contributed by atoms with van der Waals surface area (Å²) in [7, 11) is 0. The van der Waals surface area contributed by atoms with E-state index < -0.39 is 0 Å². The van der Waals surface area contributed by atoms with Gasteiger partial charge in [0.25, 0.3) is 0 Å². The maximum absolute atomic E-state index is 5.41. The first-order valence-corrected chi connectivity index (χ1v) is 6.92. The topological polar surface area (TPSA) is 98.8 Å². The van der Waals surface area contributed by atoms with Gasteiger partial charge >= 0.3 is 0 Å². The first kappa shape index (κ1) is 14.6. The fourth-order valence-electron chi connectivity index (χ4n) is 1.43. The number of hydrogen-bond donors (Lipinski definition) is 2. The van der Waals surface area contributed by atoms with Gasteiger partial charge in [-0.2, -0.15) is 0 Å². The highest BCUT2D eigenvalue weighted by molar-refractivity contribution is 7.99. The van der Waals surface area contributed by atoms with Crippen LogP contribution in [0.4, 0.5) is 5.82 Å². The number of ether oxygens (including phenoxy) is 1. The molecule has 0 radical (unpaired) electrons. The number of nitrogens with zero attached hydrogens (tertiary/aromatic N) is 4. The van der Waals surface area contributed by atoms with Crippen LogP contribution in [0.1, 0.15) is 18.4 Å². The smallest absolute Gasteiger partial charge is 0.194 e. The van der Waals surface area contributed by atoms with Gasteiger partial charge in [-0.25, -0.2) is 25.8 Å². The standard InChI is InChI=1S/C12H16N6OS/c1-3-19-7-10-16-9(18-13)6-11(17-10)20-12-14-5-4-8(2)15-12/h4-6H,3,7,13H2,1-2H3,(H,16,17,18). The van der Waals surface area contributed by atoms with E-state index in [0.717, 1.165) is 5.69 Å². The predicted molar refractivity (Wildman–Crippen MR) is 76.1 cm³/mol. The van der Waals surface area contributed by atoms with Gasteiger partial charge in [0.05, 0.1) is 0 Å². The Kier molecular flexibility index (Phi) is 5.22. The van der Waals surface area contributed by atoms with Crippen molar-refractivity contribution in [2.24, 2.45) is 5.84 Å². The van der Waals surface area contributed by atoms with E-state index in [0.29, 0.717) is 35.0 Å². The van der Waals surface area contributed by atoms with Gasteiger partial charge < -0.3 is 10.2 Å². The lowest BCUT2D eigenvalue weighted by molar-refractivity contribution is 0.128. The molecule has 0 amide bonds. The molecule has 0 atom stereocenters. The molecule has 7 nitrogen and oxygen atoms in total. The summed E-state index contributed by atoms with van der Waals surface area (Å²) < 4.78 is 5.31. The molecule has 20 heavy (non-hydrogen) atoms. The second-order valence-electron chi connectivity index (χ2n) is 3.87. The number of nitrogen functional groups attached to an aromatic ring is 1. The largest absolute Gasteiger partial charge is 0.374 e. The second-order valence-corrected chi connectivity index (χ2v) is 4.86. The first-order valence-electron chi connectivity index (χ1n) is 6.11. The van der Waals surface area contributed by atoms with Crippen LogP contribution in [0, 0.1) is 6.92 Å². The van der Waals surface area contributed by atoms with Crippen LogP contribution in [0.25, 0.3) is 0 Å². The highest BCUT2D eigenvalue weighted by atomic mass is 32.2. The first-order chi connectivity index (χ1) is 9.71. The summed E-state index contributed by atoms with van der Waals surface area (Å²) in [5.41, 5.74) is 3.43. The van der Waals surface area contributed by atoms with E-state index in [1.807, 2.05) is 19.9 Å². The lowest BCUT2D eigenvalue weighted by Gasteiger charge is -2.07. The normalized spacial score (nSPS) is 10.6. The summed E-state index contributed by atoms with van der Waals surface area (Å²) in [6, 6.07) is 3.59.